The SMILES string of the molecule is CCNc1ccccc1C(=O)N(C)Cc1cccc(O)c1. The molecule has 2 aromatic rings. The molecule has 0 fully saturated rings. The van der Waals surface area contributed by atoms with Crippen molar-refractivity contribution in [2.45, 2.75) is 13.5 Å². The van der Waals surface area contributed by atoms with Crippen LogP contribution in [0.25, 0.3) is 0 Å². The molecule has 1 amide bonds. The lowest BCUT2D eigenvalue weighted by Crippen LogP contribution is -2.27. The Morgan fingerprint density at radius 2 is 1.95 bits per heavy atom. The van der Waals surface area contributed by atoms with Crippen molar-refractivity contribution in [3.8, 4) is 5.75 Å². The lowest BCUT2D eigenvalue weighted by atomic mass is 10.1. The first-order valence-corrected chi connectivity index (χ1v) is 6.98. The summed E-state index contributed by atoms with van der Waals surface area (Å²) in [5.74, 6) is 0.163. The van der Waals surface area contributed by atoms with Crippen LogP contribution in [0.15, 0.2) is 48.5 Å². The average molecular weight is 284 g/mol. The van der Waals surface area contributed by atoms with Crippen LogP contribution < -0.4 is 5.32 Å². The van der Waals surface area contributed by atoms with Crippen molar-refractivity contribution in [3.05, 3.63) is 59.7 Å². The summed E-state index contributed by atoms with van der Waals surface area (Å²) in [5, 5.41) is 12.7. The highest BCUT2D eigenvalue weighted by molar-refractivity contribution is 5.99. The lowest BCUT2D eigenvalue weighted by molar-refractivity contribution is 0.0786. The molecule has 110 valence electrons. The van der Waals surface area contributed by atoms with Crippen molar-refractivity contribution < 1.29 is 9.90 Å². The van der Waals surface area contributed by atoms with Crippen molar-refractivity contribution in [1.29, 1.82) is 0 Å². The van der Waals surface area contributed by atoms with Gasteiger partial charge < -0.3 is 15.3 Å². The Bertz CT molecular complexity index is 626. The number of phenolic OH excluding ortho intramolecular Hbond substituents is 1. The summed E-state index contributed by atoms with van der Waals surface area (Å²) in [6.45, 7) is 3.21. The number of hydrogen-bond acceptors (Lipinski definition) is 3. The Balaban J connectivity index is 2.16. The summed E-state index contributed by atoms with van der Waals surface area (Å²) in [5.41, 5.74) is 2.39. The van der Waals surface area contributed by atoms with Gasteiger partial charge in [0.1, 0.15) is 5.75 Å². The second-order valence-electron chi connectivity index (χ2n) is 4.91. The fraction of sp³-hybridized carbons (Fsp3) is 0.235. The third kappa shape index (κ3) is 3.75. The van der Waals surface area contributed by atoms with Gasteiger partial charge in [0.05, 0.1) is 5.56 Å². The summed E-state index contributed by atoms with van der Waals surface area (Å²) < 4.78 is 0. The van der Waals surface area contributed by atoms with Gasteiger partial charge in [0.15, 0.2) is 0 Å². The highest BCUT2D eigenvalue weighted by atomic mass is 16.3. The van der Waals surface area contributed by atoms with Crippen LogP contribution in [0.3, 0.4) is 0 Å². The number of aromatic hydroxyl groups is 1. The minimum absolute atomic E-state index is 0.0464. The molecule has 2 rings (SSSR count). The van der Waals surface area contributed by atoms with Crippen LogP contribution in [0.1, 0.15) is 22.8 Å². The normalized spacial score (nSPS) is 10.2. The molecule has 0 saturated heterocycles. The van der Waals surface area contributed by atoms with Crippen molar-refractivity contribution in [2.75, 3.05) is 18.9 Å². The second-order valence-corrected chi connectivity index (χ2v) is 4.91. The fourth-order valence-corrected chi connectivity index (χ4v) is 2.22. The molecule has 0 atom stereocenters. The minimum Gasteiger partial charge on any atom is -0.508 e. The third-order valence-electron chi connectivity index (χ3n) is 3.20. The van der Waals surface area contributed by atoms with Crippen LogP contribution in [0, 0.1) is 0 Å². The second kappa shape index (κ2) is 6.79. The molecule has 21 heavy (non-hydrogen) atoms. The van der Waals surface area contributed by atoms with Gasteiger partial charge >= 0.3 is 0 Å². The van der Waals surface area contributed by atoms with E-state index in [1.807, 2.05) is 37.3 Å². The minimum atomic E-state index is -0.0464. The van der Waals surface area contributed by atoms with Gasteiger partial charge in [-0.3, -0.25) is 4.79 Å². The van der Waals surface area contributed by atoms with Gasteiger partial charge in [-0.25, -0.2) is 0 Å². The Hall–Kier alpha value is -2.49. The van der Waals surface area contributed by atoms with E-state index >= 15 is 0 Å². The standard InChI is InChI=1S/C17H20N2O2/c1-3-18-16-10-5-4-9-15(16)17(21)19(2)12-13-7-6-8-14(20)11-13/h4-11,18,20H,3,12H2,1-2H3. The summed E-state index contributed by atoms with van der Waals surface area (Å²) in [7, 11) is 1.76. The zero-order valence-corrected chi connectivity index (χ0v) is 12.3. The molecule has 4 heteroatoms. The van der Waals surface area contributed by atoms with E-state index in [2.05, 4.69) is 5.32 Å². The van der Waals surface area contributed by atoms with Crippen LogP contribution >= 0.6 is 0 Å². The molecule has 0 heterocycles. The lowest BCUT2D eigenvalue weighted by Gasteiger charge is -2.19. The number of anilines is 1. The highest BCUT2D eigenvalue weighted by Gasteiger charge is 2.15. The molecule has 0 unspecified atom stereocenters. The molecule has 0 aliphatic carbocycles. The van der Waals surface area contributed by atoms with Crippen molar-refractivity contribution in [2.24, 2.45) is 0 Å². The quantitative estimate of drug-likeness (QED) is 0.887. The molecule has 4 nitrogen and oxygen atoms in total. The van der Waals surface area contributed by atoms with Gasteiger partial charge in [-0.05, 0) is 36.8 Å². The fourth-order valence-electron chi connectivity index (χ4n) is 2.22. The zero-order valence-electron chi connectivity index (χ0n) is 12.3. The number of rotatable bonds is 5. The van der Waals surface area contributed by atoms with Crippen LogP contribution in [-0.4, -0.2) is 29.5 Å². The Labute approximate surface area is 125 Å². The monoisotopic (exact) mass is 284 g/mol. The summed E-state index contributed by atoms with van der Waals surface area (Å²) in [6.07, 6.45) is 0. The Morgan fingerprint density at radius 1 is 1.19 bits per heavy atom. The smallest absolute Gasteiger partial charge is 0.255 e. The Morgan fingerprint density at radius 3 is 2.67 bits per heavy atom. The van der Waals surface area contributed by atoms with Crippen molar-refractivity contribution in [1.82, 2.24) is 4.90 Å². The number of carbonyl (C=O) groups is 1. The van der Waals surface area contributed by atoms with E-state index in [0.717, 1.165) is 17.8 Å². The van der Waals surface area contributed by atoms with Gasteiger partial charge in [-0.15, -0.1) is 0 Å². The average Bonchev–Trinajstić information content (AvgIpc) is 2.47. The maximum absolute atomic E-state index is 12.6. The summed E-state index contributed by atoms with van der Waals surface area (Å²) >= 11 is 0. The number of hydrogen-bond donors (Lipinski definition) is 2. The van der Waals surface area contributed by atoms with Crippen LogP contribution in [0.5, 0.6) is 5.75 Å². The van der Waals surface area contributed by atoms with E-state index in [4.69, 9.17) is 0 Å². The number of phenols is 1. The van der Waals surface area contributed by atoms with Gasteiger partial charge in [0.25, 0.3) is 5.91 Å². The van der Waals surface area contributed by atoms with Gasteiger partial charge in [-0.1, -0.05) is 24.3 Å². The van der Waals surface area contributed by atoms with E-state index in [-0.39, 0.29) is 11.7 Å². The number of carbonyl (C=O) groups excluding carboxylic acids is 1. The number of para-hydroxylation sites is 1. The molecule has 2 N–H and O–H groups in total. The topological polar surface area (TPSA) is 52.6 Å². The predicted octanol–water partition coefficient (Wildman–Crippen LogP) is 3.10. The number of nitrogens with zero attached hydrogens (tertiary/aromatic N) is 1. The summed E-state index contributed by atoms with van der Waals surface area (Å²) in [4.78, 5) is 14.2. The maximum atomic E-state index is 12.6. The van der Waals surface area contributed by atoms with E-state index < -0.39 is 0 Å². The van der Waals surface area contributed by atoms with E-state index in [0.29, 0.717) is 12.1 Å². The molecule has 0 bridgehead atoms. The molecule has 0 saturated carbocycles. The van der Waals surface area contributed by atoms with E-state index in [9.17, 15) is 9.90 Å². The van der Waals surface area contributed by atoms with Gasteiger partial charge in [-0.2, -0.15) is 0 Å². The molecular weight excluding hydrogens is 264 g/mol. The number of benzene rings is 2. The molecule has 0 radical (unpaired) electrons. The predicted molar refractivity (Wildman–Crippen MR) is 84.5 cm³/mol. The molecule has 0 aromatic heterocycles. The number of amides is 1. The largest absolute Gasteiger partial charge is 0.508 e. The highest BCUT2D eigenvalue weighted by Crippen LogP contribution is 2.18. The van der Waals surface area contributed by atoms with Crippen LogP contribution in [0.2, 0.25) is 0 Å². The number of nitrogens with one attached hydrogen (secondary N) is 1. The third-order valence-corrected chi connectivity index (χ3v) is 3.20. The van der Waals surface area contributed by atoms with Crippen LogP contribution in [-0.2, 0) is 6.54 Å². The maximum Gasteiger partial charge on any atom is 0.255 e. The molecule has 0 aliphatic heterocycles. The van der Waals surface area contributed by atoms with Gasteiger partial charge in [0, 0.05) is 25.8 Å². The van der Waals surface area contributed by atoms with Crippen molar-refractivity contribution >= 4 is 11.6 Å². The first kappa shape index (κ1) is 14.9. The molecule has 0 spiro atoms. The van der Waals surface area contributed by atoms with E-state index in [1.165, 1.54) is 0 Å². The Kier molecular flexibility index (Phi) is 4.82. The summed E-state index contributed by atoms with van der Waals surface area (Å²) in [6, 6.07) is 14.4. The molecule has 2 aromatic carbocycles. The zero-order chi connectivity index (χ0) is 15.2. The molecular formula is C17H20N2O2. The van der Waals surface area contributed by atoms with Crippen LogP contribution in [0.4, 0.5) is 5.69 Å². The van der Waals surface area contributed by atoms with Gasteiger partial charge in [0.2, 0.25) is 0 Å². The molecule has 0 aliphatic rings. The van der Waals surface area contributed by atoms with Crippen molar-refractivity contribution in [3.63, 3.8) is 0 Å². The first-order valence-electron chi connectivity index (χ1n) is 6.98. The van der Waals surface area contributed by atoms with E-state index in [1.54, 1.807) is 30.1 Å². The first-order chi connectivity index (χ1) is 10.1.